The van der Waals surface area contributed by atoms with Crippen molar-refractivity contribution in [3.05, 3.63) is 24.0 Å². The van der Waals surface area contributed by atoms with E-state index in [0.29, 0.717) is 0 Å². The summed E-state index contributed by atoms with van der Waals surface area (Å²) in [5.41, 5.74) is 5.75. The van der Waals surface area contributed by atoms with Gasteiger partial charge in [0.15, 0.2) is 0 Å². The first-order valence-corrected chi connectivity index (χ1v) is 3.21. The van der Waals surface area contributed by atoms with Gasteiger partial charge in [-0.05, 0) is 12.2 Å². The van der Waals surface area contributed by atoms with E-state index >= 15 is 0 Å². The molecule has 0 fully saturated rings. The van der Waals surface area contributed by atoms with Crippen molar-refractivity contribution in [1.29, 1.82) is 0 Å². The summed E-state index contributed by atoms with van der Waals surface area (Å²) in [5, 5.41) is 2.82. The molecular formula is C7H9N3O. The first-order valence-electron chi connectivity index (χ1n) is 3.21. The van der Waals surface area contributed by atoms with Crippen molar-refractivity contribution in [3.8, 4) is 0 Å². The fourth-order valence-electron chi connectivity index (χ4n) is 0.718. The molecule has 4 heteroatoms. The highest BCUT2D eigenvalue weighted by Gasteiger charge is 1.99. The van der Waals surface area contributed by atoms with E-state index in [-0.39, 0.29) is 12.3 Å². The fraction of sp³-hybridized carbons (Fsp3) is 0.143. The lowest BCUT2D eigenvalue weighted by atomic mass is 10.3. The van der Waals surface area contributed by atoms with Gasteiger partial charge in [-0.25, -0.2) is 4.99 Å². The molecule has 0 aromatic heterocycles. The van der Waals surface area contributed by atoms with Gasteiger partial charge in [-0.15, -0.1) is 0 Å². The van der Waals surface area contributed by atoms with Crippen LogP contribution in [0.4, 0.5) is 0 Å². The lowest BCUT2D eigenvalue weighted by Gasteiger charge is -2.00. The highest BCUT2D eigenvalue weighted by atomic mass is 16.1. The molecule has 1 amide bonds. The second-order valence-corrected chi connectivity index (χ2v) is 2.10. The Bertz CT molecular complexity index is 240. The first-order chi connectivity index (χ1) is 5.29. The van der Waals surface area contributed by atoms with Crippen LogP contribution in [-0.4, -0.2) is 12.2 Å². The molecule has 0 unspecified atom stereocenters. The molecule has 11 heavy (non-hydrogen) atoms. The average Bonchev–Trinajstić information content (AvgIpc) is 2.14. The molecule has 4 nitrogen and oxygen atoms in total. The Morgan fingerprint density at radius 1 is 1.73 bits per heavy atom. The van der Waals surface area contributed by atoms with Crippen LogP contribution in [0.15, 0.2) is 29.0 Å². The summed E-state index contributed by atoms with van der Waals surface area (Å²) in [5.74, 6) is -0.354. The Hall–Kier alpha value is -1.58. The Morgan fingerprint density at radius 3 is 3.27 bits per heavy atom. The maximum Gasteiger partial charge on any atom is 0.223 e. The van der Waals surface area contributed by atoms with Gasteiger partial charge in [0, 0.05) is 11.9 Å². The number of amides is 1. The summed E-state index contributed by atoms with van der Waals surface area (Å²) >= 11 is 0. The molecule has 1 heterocycles. The molecule has 0 saturated heterocycles. The minimum Gasteiger partial charge on any atom is -0.369 e. The Labute approximate surface area is 64.5 Å². The maximum atomic E-state index is 10.5. The van der Waals surface area contributed by atoms with E-state index in [1.807, 2.05) is 0 Å². The standard InChI is InChI=1S/C7H9N3O/c8-7(11)4-6-2-1-3-9-5-10-6/h1-3,5H,4H2,(H2,8,11)(H,9,10). The molecule has 0 bridgehead atoms. The number of carbonyl (C=O) groups is 1. The van der Waals surface area contributed by atoms with Gasteiger partial charge in [0.2, 0.25) is 5.91 Å². The quantitative estimate of drug-likeness (QED) is 0.578. The number of carbonyl (C=O) groups excluding carboxylic acids is 1. The summed E-state index contributed by atoms with van der Waals surface area (Å²) in [6.07, 6.45) is 6.86. The molecular weight excluding hydrogens is 142 g/mol. The van der Waals surface area contributed by atoms with Crippen LogP contribution < -0.4 is 11.1 Å². The predicted molar refractivity (Wildman–Crippen MR) is 42.7 cm³/mol. The zero-order valence-corrected chi connectivity index (χ0v) is 5.95. The summed E-state index contributed by atoms with van der Waals surface area (Å²) in [7, 11) is 0. The van der Waals surface area contributed by atoms with Gasteiger partial charge in [0.05, 0.1) is 12.8 Å². The largest absolute Gasteiger partial charge is 0.369 e. The van der Waals surface area contributed by atoms with Crippen molar-refractivity contribution >= 4 is 12.2 Å². The van der Waals surface area contributed by atoms with E-state index in [1.165, 1.54) is 6.34 Å². The van der Waals surface area contributed by atoms with Crippen LogP contribution in [0.1, 0.15) is 6.42 Å². The van der Waals surface area contributed by atoms with Crippen LogP contribution in [0, 0.1) is 0 Å². The lowest BCUT2D eigenvalue weighted by Crippen LogP contribution is -2.18. The van der Waals surface area contributed by atoms with Gasteiger partial charge in [0.25, 0.3) is 0 Å². The van der Waals surface area contributed by atoms with Crippen LogP contribution >= 0.6 is 0 Å². The zero-order valence-electron chi connectivity index (χ0n) is 5.95. The topological polar surface area (TPSA) is 67.5 Å². The van der Waals surface area contributed by atoms with E-state index < -0.39 is 0 Å². The van der Waals surface area contributed by atoms with Gasteiger partial charge >= 0.3 is 0 Å². The second kappa shape index (κ2) is 3.55. The van der Waals surface area contributed by atoms with Gasteiger partial charge in [-0.3, -0.25) is 4.79 Å². The molecule has 0 aromatic carbocycles. The van der Waals surface area contributed by atoms with Crippen LogP contribution in [0.25, 0.3) is 0 Å². The third-order valence-electron chi connectivity index (χ3n) is 1.16. The number of primary amides is 1. The molecule has 0 atom stereocenters. The average molecular weight is 151 g/mol. The molecule has 1 aliphatic rings. The van der Waals surface area contributed by atoms with E-state index in [9.17, 15) is 4.79 Å². The minimum absolute atomic E-state index is 0.219. The fourth-order valence-corrected chi connectivity index (χ4v) is 0.718. The summed E-state index contributed by atoms with van der Waals surface area (Å²) < 4.78 is 0. The van der Waals surface area contributed by atoms with Crippen LogP contribution in [0.2, 0.25) is 0 Å². The Balaban J connectivity index is 2.57. The van der Waals surface area contributed by atoms with E-state index in [2.05, 4.69) is 10.3 Å². The molecule has 0 saturated carbocycles. The highest BCUT2D eigenvalue weighted by Crippen LogP contribution is 1.97. The van der Waals surface area contributed by atoms with Gasteiger partial charge < -0.3 is 11.1 Å². The molecule has 1 aliphatic heterocycles. The Kier molecular flexibility index (Phi) is 2.43. The van der Waals surface area contributed by atoms with Crippen molar-refractivity contribution in [2.24, 2.45) is 10.7 Å². The summed E-state index contributed by atoms with van der Waals surface area (Å²) in [6, 6.07) is 0. The number of nitrogens with zero attached hydrogens (tertiary/aromatic N) is 1. The molecule has 0 aliphatic carbocycles. The summed E-state index contributed by atoms with van der Waals surface area (Å²) in [6.45, 7) is 0. The molecule has 58 valence electrons. The first kappa shape index (κ1) is 7.53. The number of hydrogen-bond donors (Lipinski definition) is 2. The van der Waals surface area contributed by atoms with Crippen LogP contribution in [0.5, 0.6) is 0 Å². The normalized spacial score (nSPS) is 15.1. The lowest BCUT2D eigenvalue weighted by molar-refractivity contribution is -0.117. The number of aliphatic imine (C=N–C) groups is 1. The number of hydrogen-bond acceptors (Lipinski definition) is 3. The van der Waals surface area contributed by atoms with Gasteiger partial charge in [-0.2, -0.15) is 0 Å². The van der Waals surface area contributed by atoms with E-state index in [4.69, 9.17) is 5.73 Å². The smallest absolute Gasteiger partial charge is 0.223 e. The minimum atomic E-state index is -0.354. The third-order valence-corrected chi connectivity index (χ3v) is 1.16. The predicted octanol–water partition coefficient (Wildman–Crippen LogP) is -0.109. The van der Waals surface area contributed by atoms with E-state index in [0.717, 1.165) is 5.70 Å². The van der Waals surface area contributed by atoms with E-state index in [1.54, 1.807) is 18.4 Å². The van der Waals surface area contributed by atoms with Gasteiger partial charge in [-0.1, -0.05) is 0 Å². The van der Waals surface area contributed by atoms with Crippen molar-refractivity contribution in [2.75, 3.05) is 0 Å². The molecule has 0 radical (unpaired) electrons. The van der Waals surface area contributed by atoms with Crippen molar-refractivity contribution in [1.82, 2.24) is 5.32 Å². The zero-order chi connectivity index (χ0) is 8.10. The third kappa shape index (κ3) is 2.66. The highest BCUT2D eigenvalue weighted by molar-refractivity contribution is 5.77. The molecule has 0 spiro atoms. The van der Waals surface area contributed by atoms with Crippen molar-refractivity contribution in [3.63, 3.8) is 0 Å². The monoisotopic (exact) mass is 151 g/mol. The molecule has 3 N–H and O–H groups in total. The second-order valence-electron chi connectivity index (χ2n) is 2.10. The molecule has 1 rings (SSSR count). The number of rotatable bonds is 2. The van der Waals surface area contributed by atoms with Gasteiger partial charge in [0.1, 0.15) is 0 Å². The molecule has 0 aromatic rings. The van der Waals surface area contributed by atoms with Crippen molar-refractivity contribution in [2.45, 2.75) is 6.42 Å². The SMILES string of the molecule is NC(=O)CC1=CC=CN=CN1. The number of nitrogens with two attached hydrogens (primary N) is 1. The summed E-state index contributed by atoms with van der Waals surface area (Å²) in [4.78, 5) is 14.3. The maximum absolute atomic E-state index is 10.5. The Morgan fingerprint density at radius 2 is 2.55 bits per heavy atom. The van der Waals surface area contributed by atoms with Crippen LogP contribution in [-0.2, 0) is 4.79 Å². The number of allylic oxidation sites excluding steroid dienone is 2. The van der Waals surface area contributed by atoms with Crippen molar-refractivity contribution < 1.29 is 4.79 Å². The van der Waals surface area contributed by atoms with Crippen LogP contribution in [0.3, 0.4) is 0 Å². The number of nitrogens with one attached hydrogen (secondary N) is 1.